The van der Waals surface area contributed by atoms with Crippen LogP contribution in [0.4, 0.5) is 5.69 Å². The van der Waals surface area contributed by atoms with Gasteiger partial charge in [0.1, 0.15) is 12.6 Å². The van der Waals surface area contributed by atoms with Crippen molar-refractivity contribution < 1.29 is 22.8 Å². The number of benzene rings is 2. The van der Waals surface area contributed by atoms with Crippen molar-refractivity contribution in [1.29, 1.82) is 0 Å². The molecule has 3 rings (SSSR count). The van der Waals surface area contributed by atoms with E-state index in [2.05, 4.69) is 21.2 Å². The van der Waals surface area contributed by atoms with Gasteiger partial charge in [-0.3, -0.25) is 18.7 Å². The summed E-state index contributed by atoms with van der Waals surface area (Å²) in [5.41, 5.74) is 1.36. The summed E-state index contributed by atoms with van der Waals surface area (Å²) >= 11 is 3.40. The average Bonchev–Trinajstić information content (AvgIpc) is 2.86. The van der Waals surface area contributed by atoms with Gasteiger partial charge < -0.3 is 10.2 Å². The van der Waals surface area contributed by atoms with Crippen LogP contribution >= 0.6 is 15.9 Å². The molecule has 1 N–H and O–H groups in total. The number of nitrogens with one attached hydrogen (secondary N) is 1. The Labute approximate surface area is 227 Å². The predicted molar refractivity (Wildman–Crippen MR) is 148 cm³/mol. The van der Waals surface area contributed by atoms with Crippen LogP contribution in [-0.2, 0) is 26.2 Å². The van der Waals surface area contributed by atoms with Gasteiger partial charge in [0, 0.05) is 22.6 Å². The first-order valence-electron chi connectivity index (χ1n) is 12.4. The Hall–Kier alpha value is -2.72. The SMILES string of the molecule is CC(=O)c1cccc(N(CC(=O)N(Cc2ccc(Br)cc2)[C@@H](C)C(=O)NC2CCCCC2)S(C)(=O)=O)c1. The largest absolute Gasteiger partial charge is 0.352 e. The zero-order valence-electron chi connectivity index (χ0n) is 21.4. The van der Waals surface area contributed by atoms with Gasteiger partial charge in [0.15, 0.2) is 5.78 Å². The second-order valence-corrected chi connectivity index (χ2v) is 12.4. The standard InChI is InChI=1S/C27H34BrN3O5S/c1-19(27(34)29-24-9-5-4-6-10-24)30(17-21-12-14-23(28)15-13-21)26(33)18-31(37(3,35)36)25-11-7-8-22(16-25)20(2)32/h7-8,11-16,19,24H,4-6,9-10,17-18H2,1-3H3,(H,29,34)/t19-/m0/s1. The fraction of sp³-hybridized carbons (Fsp3) is 0.444. The van der Waals surface area contributed by atoms with Crippen molar-refractivity contribution >= 4 is 49.2 Å². The van der Waals surface area contributed by atoms with E-state index in [4.69, 9.17) is 0 Å². The Morgan fingerprint density at radius 3 is 2.30 bits per heavy atom. The number of halogens is 1. The number of rotatable bonds is 10. The summed E-state index contributed by atoms with van der Waals surface area (Å²) in [5, 5.41) is 3.07. The predicted octanol–water partition coefficient (Wildman–Crippen LogP) is 4.28. The van der Waals surface area contributed by atoms with Crippen LogP contribution in [0.2, 0.25) is 0 Å². The molecule has 0 saturated heterocycles. The van der Waals surface area contributed by atoms with Gasteiger partial charge in [-0.05, 0) is 56.5 Å². The summed E-state index contributed by atoms with van der Waals surface area (Å²) in [5.74, 6) is -0.999. The number of anilines is 1. The van der Waals surface area contributed by atoms with Crippen LogP contribution in [0.5, 0.6) is 0 Å². The maximum atomic E-state index is 13.7. The molecule has 0 radical (unpaired) electrons. The number of nitrogens with zero attached hydrogens (tertiary/aromatic N) is 2. The monoisotopic (exact) mass is 591 g/mol. The summed E-state index contributed by atoms with van der Waals surface area (Å²) in [4.78, 5) is 40.1. The lowest BCUT2D eigenvalue weighted by atomic mass is 9.95. The summed E-state index contributed by atoms with van der Waals surface area (Å²) in [6, 6.07) is 12.8. The zero-order chi connectivity index (χ0) is 27.2. The molecule has 2 aromatic rings. The highest BCUT2D eigenvalue weighted by atomic mass is 79.9. The van der Waals surface area contributed by atoms with Gasteiger partial charge in [0.2, 0.25) is 21.8 Å². The third kappa shape index (κ3) is 8.13. The molecule has 2 amide bonds. The quantitative estimate of drug-likeness (QED) is 0.415. The molecule has 2 aromatic carbocycles. The first kappa shape index (κ1) is 28.8. The molecule has 1 fully saturated rings. The highest BCUT2D eigenvalue weighted by molar-refractivity contribution is 9.10. The number of hydrogen-bond acceptors (Lipinski definition) is 5. The summed E-state index contributed by atoms with van der Waals surface area (Å²) < 4.78 is 27.3. The molecule has 200 valence electrons. The van der Waals surface area contributed by atoms with Crippen molar-refractivity contribution in [2.75, 3.05) is 17.1 Å². The van der Waals surface area contributed by atoms with Gasteiger partial charge in [-0.15, -0.1) is 0 Å². The molecule has 1 aliphatic rings. The topological polar surface area (TPSA) is 104 Å². The molecule has 1 atom stereocenters. The van der Waals surface area contributed by atoms with E-state index in [9.17, 15) is 22.8 Å². The Bertz CT molecular complexity index is 1230. The Kier molecular flexibility index (Phi) is 9.89. The second-order valence-electron chi connectivity index (χ2n) is 9.54. The van der Waals surface area contributed by atoms with E-state index >= 15 is 0 Å². The molecule has 0 heterocycles. The van der Waals surface area contributed by atoms with E-state index in [-0.39, 0.29) is 30.0 Å². The van der Waals surface area contributed by atoms with Gasteiger partial charge in [-0.1, -0.05) is 59.5 Å². The van der Waals surface area contributed by atoms with E-state index in [0.29, 0.717) is 5.56 Å². The fourth-order valence-corrected chi connectivity index (χ4v) is 5.54. The normalized spacial score (nSPS) is 15.0. The van der Waals surface area contributed by atoms with Crippen molar-refractivity contribution in [3.8, 4) is 0 Å². The number of amides is 2. The molecule has 0 unspecified atom stereocenters. The minimum absolute atomic E-state index is 0.0789. The molecule has 10 heteroatoms. The van der Waals surface area contributed by atoms with E-state index in [0.717, 1.165) is 52.7 Å². The molecule has 1 aliphatic carbocycles. The molecule has 1 saturated carbocycles. The lowest BCUT2D eigenvalue weighted by Crippen LogP contribution is -2.53. The molecule has 8 nitrogen and oxygen atoms in total. The number of hydrogen-bond donors (Lipinski definition) is 1. The van der Waals surface area contributed by atoms with Crippen molar-refractivity contribution in [3.05, 3.63) is 64.1 Å². The van der Waals surface area contributed by atoms with E-state index in [1.807, 2.05) is 24.3 Å². The zero-order valence-corrected chi connectivity index (χ0v) is 23.8. The fourth-order valence-electron chi connectivity index (χ4n) is 4.43. The molecular formula is C27H34BrN3O5S. The molecule has 0 aliphatic heterocycles. The second kappa shape index (κ2) is 12.7. The van der Waals surface area contributed by atoms with Crippen LogP contribution in [-0.4, -0.2) is 55.8 Å². The number of sulfonamides is 1. The highest BCUT2D eigenvalue weighted by Gasteiger charge is 2.31. The minimum atomic E-state index is -3.87. The summed E-state index contributed by atoms with van der Waals surface area (Å²) in [7, 11) is -3.87. The van der Waals surface area contributed by atoms with Crippen molar-refractivity contribution in [1.82, 2.24) is 10.2 Å². The third-order valence-corrected chi connectivity index (χ3v) is 8.27. The molecule has 0 bridgehead atoms. The van der Waals surface area contributed by atoms with Crippen molar-refractivity contribution in [2.45, 2.75) is 64.6 Å². The minimum Gasteiger partial charge on any atom is -0.352 e. The molecule has 0 aromatic heterocycles. The number of ketones is 1. The number of carbonyl (C=O) groups is 3. The molecule has 0 spiro atoms. The maximum absolute atomic E-state index is 13.7. The molecular weight excluding hydrogens is 558 g/mol. The van der Waals surface area contributed by atoms with E-state index in [1.54, 1.807) is 25.1 Å². The van der Waals surface area contributed by atoms with Crippen LogP contribution in [0.1, 0.15) is 61.9 Å². The average molecular weight is 593 g/mol. The number of carbonyl (C=O) groups excluding carboxylic acids is 3. The van der Waals surface area contributed by atoms with Crippen LogP contribution < -0.4 is 9.62 Å². The first-order chi connectivity index (χ1) is 17.5. The van der Waals surface area contributed by atoms with E-state index < -0.39 is 28.5 Å². The van der Waals surface area contributed by atoms with Crippen LogP contribution in [0.25, 0.3) is 0 Å². The number of Topliss-reactive ketones (excluding diaryl/α,β-unsaturated/α-hetero) is 1. The lowest BCUT2D eigenvalue weighted by molar-refractivity contribution is -0.139. The van der Waals surface area contributed by atoms with Gasteiger partial charge in [-0.25, -0.2) is 8.42 Å². The maximum Gasteiger partial charge on any atom is 0.244 e. The highest BCUT2D eigenvalue weighted by Crippen LogP contribution is 2.22. The van der Waals surface area contributed by atoms with Gasteiger partial charge in [-0.2, -0.15) is 0 Å². The van der Waals surface area contributed by atoms with Gasteiger partial charge in [0.05, 0.1) is 11.9 Å². The van der Waals surface area contributed by atoms with E-state index in [1.165, 1.54) is 17.9 Å². The first-order valence-corrected chi connectivity index (χ1v) is 15.0. The van der Waals surface area contributed by atoms with Crippen LogP contribution in [0.3, 0.4) is 0 Å². The smallest absolute Gasteiger partial charge is 0.244 e. The Morgan fingerprint density at radius 1 is 1.05 bits per heavy atom. The third-order valence-electron chi connectivity index (χ3n) is 6.60. The molecule has 37 heavy (non-hydrogen) atoms. The van der Waals surface area contributed by atoms with Crippen LogP contribution in [0.15, 0.2) is 53.0 Å². The Balaban J connectivity index is 1.89. The van der Waals surface area contributed by atoms with Crippen molar-refractivity contribution in [3.63, 3.8) is 0 Å². The van der Waals surface area contributed by atoms with Gasteiger partial charge in [0.25, 0.3) is 0 Å². The lowest BCUT2D eigenvalue weighted by Gasteiger charge is -2.33. The van der Waals surface area contributed by atoms with Crippen molar-refractivity contribution in [2.24, 2.45) is 0 Å². The summed E-state index contributed by atoms with van der Waals surface area (Å²) in [6.45, 7) is 2.69. The summed E-state index contributed by atoms with van der Waals surface area (Å²) in [6.07, 6.45) is 6.11. The van der Waals surface area contributed by atoms with Crippen LogP contribution in [0, 0.1) is 0 Å². The van der Waals surface area contributed by atoms with Gasteiger partial charge >= 0.3 is 0 Å². The Morgan fingerprint density at radius 2 is 1.70 bits per heavy atom.